The van der Waals surface area contributed by atoms with E-state index in [4.69, 9.17) is 4.74 Å². The first-order chi connectivity index (χ1) is 7.59. The van der Waals surface area contributed by atoms with Gasteiger partial charge < -0.3 is 9.84 Å². The van der Waals surface area contributed by atoms with Gasteiger partial charge in [0, 0.05) is 10.0 Å². The summed E-state index contributed by atoms with van der Waals surface area (Å²) in [6.45, 7) is 5.92. The van der Waals surface area contributed by atoms with Gasteiger partial charge in [-0.2, -0.15) is 0 Å². The number of ether oxygens (including phenoxy) is 1. The lowest BCUT2D eigenvalue weighted by Gasteiger charge is -2.18. The first-order valence-electron chi connectivity index (χ1n) is 5.42. The molecule has 1 aromatic rings. The molecule has 3 heteroatoms. The zero-order valence-electron chi connectivity index (χ0n) is 9.29. The van der Waals surface area contributed by atoms with Crippen molar-refractivity contribution in [3.05, 3.63) is 34.3 Å². The minimum atomic E-state index is 0.0545. The van der Waals surface area contributed by atoms with Crippen molar-refractivity contribution in [3.63, 3.8) is 0 Å². The summed E-state index contributed by atoms with van der Waals surface area (Å²) in [6, 6.07) is 3.46. The minimum Gasteiger partial charge on any atom is -0.504 e. The van der Waals surface area contributed by atoms with Gasteiger partial charge in [0.1, 0.15) is 6.10 Å². The predicted octanol–water partition coefficient (Wildman–Crippen LogP) is 3.95. The van der Waals surface area contributed by atoms with Crippen LogP contribution in [0.4, 0.5) is 0 Å². The van der Waals surface area contributed by atoms with Gasteiger partial charge in [0.05, 0.1) is 0 Å². The van der Waals surface area contributed by atoms with Crippen LogP contribution < -0.4 is 4.74 Å². The summed E-state index contributed by atoms with van der Waals surface area (Å²) in [6.07, 6.45) is 3.19. The number of hydrogen-bond donors (Lipinski definition) is 1. The van der Waals surface area contributed by atoms with E-state index < -0.39 is 0 Å². The van der Waals surface area contributed by atoms with E-state index in [-0.39, 0.29) is 11.9 Å². The molecule has 1 aromatic carbocycles. The normalized spacial score (nSPS) is 20.1. The van der Waals surface area contributed by atoms with Gasteiger partial charge in [0.15, 0.2) is 11.5 Å². The van der Waals surface area contributed by atoms with Crippen molar-refractivity contribution in [2.45, 2.75) is 32.3 Å². The molecule has 1 N–H and O–H groups in total. The second-order valence-electron chi connectivity index (χ2n) is 4.18. The summed E-state index contributed by atoms with van der Waals surface area (Å²) in [5.74, 6) is 0.767. The number of benzene rings is 1. The molecule has 1 fully saturated rings. The lowest BCUT2D eigenvalue weighted by molar-refractivity contribution is 0.232. The van der Waals surface area contributed by atoms with Crippen LogP contribution in [0.2, 0.25) is 0 Å². The summed E-state index contributed by atoms with van der Waals surface area (Å²) in [7, 11) is 0. The topological polar surface area (TPSA) is 29.5 Å². The summed E-state index contributed by atoms with van der Waals surface area (Å²) < 4.78 is 6.80. The van der Waals surface area contributed by atoms with Crippen molar-refractivity contribution in [1.82, 2.24) is 0 Å². The summed E-state index contributed by atoms with van der Waals surface area (Å²) >= 11 is 3.43. The van der Waals surface area contributed by atoms with Crippen molar-refractivity contribution in [1.29, 1.82) is 0 Å². The number of phenolic OH excluding ortho intramolecular Hbond substituents is 1. The van der Waals surface area contributed by atoms with E-state index in [9.17, 15) is 5.11 Å². The highest BCUT2D eigenvalue weighted by Gasteiger charge is 2.23. The van der Waals surface area contributed by atoms with Gasteiger partial charge in [-0.05, 0) is 43.9 Å². The van der Waals surface area contributed by atoms with E-state index >= 15 is 0 Å². The molecule has 0 bridgehead atoms. The third-order valence-electron chi connectivity index (χ3n) is 3.00. The molecule has 0 heterocycles. The summed E-state index contributed by atoms with van der Waals surface area (Å²) in [5, 5.41) is 9.79. The van der Waals surface area contributed by atoms with E-state index in [0.29, 0.717) is 5.75 Å². The fraction of sp³-hybridized carbons (Fsp3) is 0.385. The Morgan fingerprint density at radius 3 is 2.88 bits per heavy atom. The number of rotatable bonds is 2. The maximum Gasteiger partial charge on any atom is 0.165 e. The Kier molecular flexibility index (Phi) is 3.24. The lowest BCUT2D eigenvalue weighted by atomic mass is 10.2. The third kappa shape index (κ3) is 2.09. The van der Waals surface area contributed by atoms with Crippen LogP contribution in [0.25, 0.3) is 0 Å². The molecule has 1 aliphatic rings. The van der Waals surface area contributed by atoms with Gasteiger partial charge in [-0.1, -0.05) is 22.5 Å². The maximum atomic E-state index is 9.79. The second kappa shape index (κ2) is 4.50. The first-order valence-corrected chi connectivity index (χ1v) is 6.21. The highest BCUT2D eigenvalue weighted by atomic mass is 79.9. The minimum absolute atomic E-state index is 0.0545. The van der Waals surface area contributed by atoms with Gasteiger partial charge >= 0.3 is 0 Å². The number of aromatic hydroxyl groups is 1. The quantitative estimate of drug-likeness (QED) is 0.833. The number of hydrogen-bond acceptors (Lipinski definition) is 2. The molecule has 1 atom stereocenters. The Morgan fingerprint density at radius 2 is 2.25 bits per heavy atom. The standard InChI is InChI=1S/C13H15BrO2/c1-8-4-3-5-12(8)16-13-9(2)10(14)6-7-11(13)15/h6-7,12,15H,1,3-5H2,2H3. The van der Waals surface area contributed by atoms with Gasteiger partial charge in [-0.15, -0.1) is 0 Å². The van der Waals surface area contributed by atoms with Gasteiger partial charge in [0.2, 0.25) is 0 Å². The molecule has 16 heavy (non-hydrogen) atoms. The molecule has 86 valence electrons. The summed E-state index contributed by atoms with van der Waals surface area (Å²) in [4.78, 5) is 0. The van der Waals surface area contributed by atoms with Gasteiger partial charge in [-0.25, -0.2) is 0 Å². The Labute approximate surface area is 104 Å². The molecule has 0 spiro atoms. The van der Waals surface area contributed by atoms with Crippen LogP contribution in [0.15, 0.2) is 28.8 Å². The van der Waals surface area contributed by atoms with Crippen molar-refractivity contribution in [3.8, 4) is 11.5 Å². The molecule has 2 rings (SSSR count). The average Bonchev–Trinajstić information content (AvgIpc) is 2.65. The monoisotopic (exact) mass is 282 g/mol. The van der Waals surface area contributed by atoms with Crippen LogP contribution in [0.5, 0.6) is 11.5 Å². The van der Waals surface area contributed by atoms with E-state index in [1.54, 1.807) is 6.07 Å². The highest BCUT2D eigenvalue weighted by molar-refractivity contribution is 9.10. The molecule has 1 aliphatic carbocycles. The Balaban J connectivity index is 2.27. The molecule has 1 unspecified atom stereocenters. The molecule has 0 saturated heterocycles. The maximum absolute atomic E-state index is 9.79. The predicted molar refractivity (Wildman–Crippen MR) is 68.0 cm³/mol. The highest BCUT2D eigenvalue weighted by Crippen LogP contribution is 2.38. The SMILES string of the molecule is C=C1CCCC1Oc1c(O)ccc(Br)c1C. The zero-order valence-corrected chi connectivity index (χ0v) is 10.9. The van der Waals surface area contributed by atoms with E-state index in [1.807, 2.05) is 13.0 Å². The second-order valence-corrected chi connectivity index (χ2v) is 5.03. The van der Waals surface area contributed by atoms with Crippen LogP contribution in [-0.4, -0.2) is 11.2 Å². The van der Waals surface area contributed by atoms with Crippen LogP contribution in [0.3, 0.4) is 0 Å². The molecule has 1 saturated carbocycles. The fourth-order valence-corrected chi connectivity index (χ4v) is 2.28. The summed E-state index contributed by atoms with van der Waals surface area (Å²) in [5.41, 5.74) is 2.05. The molecule has 0 aromatic heterocycles. The van der Waals surface area contributed by atoms with E-state index in [1.165, 1.54) is 0 Å². The van der Waals surface area contributed by atoms with Crippen molar-refractivity contribution >= 4 is 15.9 Å². The molecule has 0 aliphatic heterocycles. The Bertz CT molecular complexity index is 426. The zero-order chi connectivity index (χ0) is 11.7. The van der Waals surface area contributed by atoms with Crippen molar-refractivity contribution in [2.24, 2.45) is 0 Å². The average molecular weight is 283 g/mol. The van der Waals surface area contributed by atoms with Crippen molar-refractivity contribution < 1.29 is 9.84 Å². The van der Waals surface area contributed by atoms with Crippen LogP contribution in [-0.2, 0) is 0 Å². The number of halogens is 1. The van der Waals surface area contributed by atoms with Gasteiger partial charge in [-0.3, -0.25) is 0 Å². The van der Waals surface area contributed by atoms with Gasteiger partial charge in [0.25, 0.3) is 0 Å². The van der Waals surface area contributed by atoms with Crippen molar-refractivity contribution in [2.75, 3.05) is 0 Å². The Hall–Kier alpha value is -0.960. The smallest absolute Gasteiger partial charge is 0.165 e. The molecular weight excluding hydrogens is 268 g/mol. The van der Waals surface area contributed by atoms with Crippen LogP contribution >= 0.6 is 15.9 Å². The number of phenols is 1. The first kappa shape index (κ1) is 11.5. The Morgan fingerprint density at radius 1 is 1.50 bits per heavy atom. The van der Waals surface area contributed by atoms with Crippen LogP contribution in [0, 0.1) is 6.92 Å². The molecule has 0 amide bonds. The lowest BCUT2D eigenvalue weighted by Crippen LogP contribution is -2.14. The van der Waals surface area contributed by atoms with Crippen LogP contribution in [0.1, 0.15) is 24.8 Å². The van der Waals surface area contributed by atoms with E-state index in [2.05, 4.69) is 22.5 Å². The molecule has 0 radical (unpaired) electrons. The largest absolute Gasteiger partial charge is 0.504 e. The molecular formula is C13H15BrO2. The molecule has 2 nitrogen and oxygen atoms in total. The fourth-order valence-electron chi connectivity index (χ4n) is 1.97. The van der Waals surface area contributed by atoms with E-state index in [0.717, 1.165) is 34.9 Å². The third-order valence-corrected chi connectivity index (χ3v) is 3.86.